The van der Waals surface area contributed by atoms with Crippen molar-refractivity contribution in [2.24, 2.45) is 0 Å². The van der Waals surface area contributed by atoms with Crippen molar-refractivity contribution in [3.63, 3.8) is 0 Å². The Bertz CT molecular complexity index is 484. The molecular weight excluding hydrogens is 240 g/mol. The first-order valence-corrected chi connectivity index (χ1v) is 7.13. The average Bonchev–Trinajstić information content (AvgIpc) is 3.23. The summed E-state index contributed by atoms with van der Waals surface area (Å²) >= 11 is 0. The van der Waals surface area contributed by atoms with E-state index in [1.54, 1.807) is 6.33 Å². The number of anilines is 1. The van der Waals surface area contributed by atoms with E-state index in [0.29, 0.717) is 6.04 Å². The highest BCUT2D eigenvalue weighted by Crippen LogP contribution is 2.25. The van der Waals surface area contributed by atoms with Crippen LogP contribution in [-0.4, -0.2) is 28.0 Å². The number of nitrogens with zero attached hydrogens (tertiary/aromatic N) is 2. The maximum Gasteiger partial charge on any atom is 0.242 e. The molecule has 1 heterocycles. The van der Waals surface area contributed by atoms with Crippen LogP contribution >= 0.6 is 0 Å². The van der Waals surface area contributed by atoms with Crippen LogP contribution in [0.1, 0.15) is 43.9 Å². The molecule has 0 saturated heterocycles. The number of aromatic nitrogens is 2. The van der Waals surface area contributed by atoms with Crippen molar-refractivity contribution in [2.45, 2.75) is 57.5 Å². The van der Waals surface area contributed by atoms with Crippen LogP contribution in [0.3, 0.4) is 0 Å². The van der Waals surface area contributed by atoms with Gasteiger partial charge in [0.05, 0.1) is 0 Å². The van der Waals surface area contributed by atoms with Gasteiger partial charge in [0.2, 0.25) is 5.91 Å². The van der Waals surface area contributed by atoms with Crippen LogP contribution in [0.5, 0.6) is 0 Å². The quantitative estimate of drug-likeness (QED) is 0.859. The first-order chi connectivity index (χ1) is 9.24. The Morgan fingerprint density at radius 1 is 1.32 bits per heavy atom. The molecule has 19 heavy (non-hydrogen) atoms. The standard InChI is InChI=1S/C14H20N4O/c1-9(14(19)18-10-6-7-10)17-13-11-4-2-3-5-12(11)15-8-16-13/h8-10H,2-7H2,1H3,(H,18,19)(H,15,16,17). The van der Waals surface area contributed by atoms with Gasteiger partial charge < -0.3 is 10.6 Å². The van der Waals surface area contributed by atoms with Crippen molar-refractivity contribution in [3.05, 3.63) is 17.6 Å². The van der Waals surface area contributed by atoms with Gasteiger partial charge in [-0.1, -0.05) is 0 Å². The minimum Gasteiger partial charge on any atom is -0.358 e. The Morgan fingerprint density at radius 3 is 2.89 bits per heavy atom. The van der Waals surface area contributed by atoms with E-state index in [1.165, 1.54) is 18.4 Å². The van der Waals surface area contributed by atoms with Crippen molar-refractivity contribution in [3.8, 4) is 0 Å². The monoisotopic (exact) mass is 260 g/mol. The molecule has 5 heteroatoms. The summed E-state index contributed by atoms with van der Waals surface area (Å²) in [4.78, 5) is 20.6. The largest absolute Gasteiger partial charge is 0.358 e. The van der Waals surface area contributed by atoms with E-state index in [4.69, 9.17) is 0 Å². The van der Waals surface area contributed by atoms with Crippen LogP contribution in [0.2, 0.25) is 0 Å². The van der Waals surface area contributed by atoms with E-state index in [0.717, 1.165) is 37.2 Å². The summed E-state index contributed by atoms with van der Waals surface area (Å²) in [6, 6.07) is 0.151. The molecule has 5 nitrogen and oxygen atoms in total. The average molecular weight is 260 g/mol. The number of carbonyl (C=O) groups excluding carboxylic acids is 1. The molecule has 1 aromatic heterocycles. The van der Waals surface area contributed by atoms with Crippen LogP contribution in [0.15, 0.2) is 6.33 Å². The van der Waals surface area contributed by atoms with Crippen LogP contribution < -0.4 is 10.6 Å². The third-order valence-corrected chi connectivity index (χ3v) is 3.80. The van der Waals surface area contributed by atoms with Gasteiger partial charge in [0.25, 0.3) is 0 Å². The zero-order chi connectivity index (χ0) is 13.2. The van der Waals surface area contributed by atoms with Crippen molar-refractivity contribution in [1.29, 1.82) is 0 Å². The van der Waals surface area contributed by atoms with E-state index in [2.05, 4.69) is 20.6 Å². The first kappa shape index (κ1) is 12.4. The molecule has 102 valence electrons. The first-order valence-electron chi connectivity index (χ1n) is 7.13. The van der Waals surface area contributed by atoms with Crippen LogP contribution in [-0.2, 0) is 17.6 Å². The normalized spacial score (nSPS) is 19.4. The van der Waals surface area contributed by atoms with E-state index in [9.17, 15) is 4.79 Å². The zero-order valence-corrected chi connectivity index (χ0v) is 11.3. The fourth-order valence-electron chi connectivity index (χ4n) is 2.47. The third kappa shape index (κ3) is 2.85. The maximum absolute atomic E-state index is 11.9. The molecule has 0 aliphatic heterocycles. The molecule has 1 aromatic rings. The van der Waals surface area contributed by atoms with Crippen molar-refractivity contribution in [1.82, 2.24) is 15.3 Å². The summed E-state index contributed by atoms with van der Waals surface area (Å²) in [6.07, 6.45) is 8.23. The van der Waals surface area contributed by atoms with Gasteiger partial charge in [-0.05, 0) is 45.4 Å². The Hall–Kier alpha value is -1.65. The molecule has 1 unspecified atom stereocenters. The predicted octanol–water partition coefficient (Wildman–Crippen LogP) is 1.43. The van der Waals surface area contributed by atoms with Gasteiger partial charge in [-0.15, -0.1) is 0 Å². The Labute approximate surface area is 113 Å². The molecule has 0 aromatic carbocycles. The second-order valence-corrected chi connectivity index (χ2v) is 5.50. The number of rotatable bonds is 4. The lowest BCUT2D eigenvalue weighted by atomic mass is 9.96. The van der Waals surface area contributed by atoms with E-state index in [-0.39, 0.29) is 11.9 Å². The second-order valence-electron chi connectivity index (χ2n) is 5.50. The minimum atomic E-state index is -0.249. The van der Waals surface area contributed by atoms with Gasteiger partial charge in [-0.3, -0.25) is 4.79 Å². The summed E-state index contributed by atoms with van der Waals surface area (Å²) < 4.78 is 0. The summed E-state index contributed by atoms with van der Waals surface area (Å²) in [5.74, 6) is 0.897. The number of fused-ring (bicyclic) bond motifs is 1. The molecule has 1 saturated carbocycles. The highest BCUT2D eigenvalue weighted by Gasteiger charge is 2.26. The van der Waals surface area contributed by atoms with Crippen molar-refractivity contribution < 1.29 is 4.79 Å². The second kappa shape index (κ2) is 5.15. The SMILES string of the molecule is CC(Nc1ncnc2c1CCCC2)C(=O)NC1CC1. The molecular formula is C14H20N4O. The Kier molecular flexibility index (Phi) is 3.36. The molecule has 2 N–H and O–H groups in total. The van der Waals surface area contributed by atoms with Gasteiger partial charge in [0, 0.05) is 17.3 Å². The van der Waals surface area contributed by atoms with E-state index < -0.39 is 0 Å². The van der Waals surface area contributed by atoms with Gasteiger partial charge in [0.1, 0.15) is 18.2 Å². The number of amides is 1. The number of hydrogen-bond donors (Lipinski definition) is 2. The summed E-state index contributed by atoms with van der Waals surface area (Å²) in [7, 11) is 0. The van der Waals surface area contributed by atoms with Crippen molar-refractivity contribution >= 4 is 11.7 Å². The Balaban J connectivity index is 1.69. The van der Waals surface area contributed by atoms with Crippen LogP contribution in [0.25, 0.3) is 0 Å². The van der Waals surface area contributed by atoms with Crippen LogP contribution in [0.4, 0.5) is 5.82 Å². The third-order valence-electron chi connectivity index (χ3n) is 3.80. The summed E-state index contributed by atoms with van der Waals surface area (Å²) in [5, 5.41) is 6.25. The predicted molar refractivity (Wildman–Crippen MR) is 72.9 cm³/mol. The number of carbonyl (C=O) groups is 1. The number of nitrogens with one attached hydrogen (secondary N) is 2. The van der Waals surface area contributed by atoms with E-state index >= 15 is 0 Å². The fourth-order valence-corrected chi connectivity index (χ4v) is 2.47. The number of aryl methyl sites for hydroxylation is 1. The summed E-state index contributed by atoms with van der Waals surface area (Å²) in [5.41, 5.74) is 2.33. The smallest absolute Gasteiger partial charge is 0.242 e. The Morgan fingerprint density at radius 2 is 2.11 bits per heavy atom. The fraction of sp³-hybridized carbons (Fsp3) is 0.643. The molecule has 1 amide bonds. The maximum atomic E-state index is 11.9. The van der Waals surface area contributed by atoms with Crippen molar-refractivity contribution in [2.75, 3.05) is 5.32 Å². The topological polar surface area (TPSA) is 66.9 Å². The van der Waals surface area contributed by atoms with E-state index in [1.807, 2.05) is 6.92 Å². The highest BCUT2D eigenvalue weighted by atomic mass is 16.2. The molecule has 0 bridgehead atoms. The van der Waals surface area contributed by atoms with Gasteiger partial charge >= 0.3 is 0 Å². The molecule has 1 atom stereocenters. The lowest BCUT2D eigenvalue weighted by Crippen LogP contribution is -2.39. The van der Waals surface area contributed by atoms with Crippen LogP contribution in [0, 0.1) is 0 Å². The lowest BCUT2D eigenvalue weighted by Gasteiger charge is -2.20. The molecule has 1 fully saturated rings. The molecule has 3 rings (SSSR count). The molecule has 0 radical (unpaired) electrons. The number of hydrogen-bond acceptors (Lipinski definition) is 4. The lowest BCUT2D eigenvalue weighted by molar-refractivity contribution is -0.121. The minimum absolute atomic E-state index is 0.0608. The van der Waals surface area contributed by atoms with Gasteiger partial charge in [-0.25, -0.2) is 9.97 Å². The molecule has 0 spiro atoms. The summed E-state index contributed by atoms with van der Waals surface area (Å²) in [6.45, 7) is 1.88. The molecule has 2 aliphatic rings. The zero-order valence-electron chi connectivity index (χ0n) is 11.3. The molecule has 2 aliphatic carbocycles. The van der Waals surface area contributed by atoms with Gasteiger partial charge in [0.15, 0.2) is 0 Å². The highest BCUT2D eigenvalue weighted by molar-refractivity contribution is 5.84. The van der Waals surface area contributed by atoms with Gasteiger partial charge in [-0.2, -0.15) is 0 Å².